The molecule has 0 aliphatic carbocycles. The summed E-state index contributed by atoms with van der Waals surface area (Å²) in [5.74, 6) is -0.235. The highest BCUT2D eigenvalue weighted by molar-refractivity contribution is 5.89. The number of hydrogen-bond donors (Lipinski definition) is 2. The predicted molar refractivity (Wildman–Crippen MR) is 65.8 cm³/mol. The van der Waals surface area contributed by atoms with E-state index in [9.17, 15) is 4.79 Å². The van der Waals surface area contributed by atoms with Gasteiger partial charge < -0.3 is 14.9 Å². The topological polar surface area (TPSA) is 66.8 Å². The summed E-state index contributed by atoms with van der Waals surface area (Å²) in [7, 11) is 0. The number of carboxylic acids is 1. The van der Waals surface area contributed by atoms with Gasteiger partial charge in [-0.1, -0.05) is 18.2 Å². The number of ether oxygens (including phenoxy) is 1. The largest absolute Gasteiger partial charge is 0.508 e. The maximum absolute atomic E-state index is 11.0. The van der Waals surface area contributed by atoms with E-state index in [1.165, 1.54) is 18.2 Å². The van der Waals surface area contributed by atoms with E-state index < -0.39 is 5.97 Å². The summed E-state index contributed by atoms with van der Waals surface area (Å²) in [5, 5.41) is 18.1. The Balaban J connectivity index is 2.10. The number of aromatic carboxylic acids is 1. The minimum Gasteiger partial charge on any atom is -0.508 e. The van der Waals surface area contributed by atoms with E-state index in [2.05, 4.69) is 0 Å². The maximum atomic E-state index is 11.0. The van der Waals surface area contributed by atoms with Crippen LogP contribution in [-0.4, -0.2) is 16.2 Å². The van der Waals surface area contributed by atoms with Crippen molar-refractivity contribution in [1.82, 2.24) is 0 Å². The molecule has 4 nitrogen and oxygen atoms in total. The van der Waals surface area contributed by atoms with E-state index in [1.807, 2.05) is 0 Å². The van der Waals surface area contributed by atoms with E-state index in [1.54, 1.807) is 30.3 Å². The number of carboxylic acid groups (broad SMARTS) is 1. The lowest BCUT2D eigenvalue weighted by Gasteiger charge is -2.08. The molecule has 2 aromatic rings. The highest BCUT2D eigenvalue weighted by atomic mass is 16.5. The molecule has 0 heterocycles. The standard InChI is InChI=1S/C14H12O4/c15-11-5-7-12(8-6-11)18-9-10-3-1-2-4-13(10)14(16)17/h1-8,15H,9H2,(H,16,17). The molecular formula is C14H12O4. The predicted octanol–water partition coefficient (Wildman–Crippen LogP) is 2.67. The van der Waals surface area contributed by atoms with Crippen molar-refractivity contribution in [2.24, 2.45) is 0 Å². The molecule has 0 saturated heterocycles. The zero-order valence-corrected chi connectivity index (χ0v) is 9.54. The van der Waals surface area contributed by atoms with Gasteiger partial charge in [-0.2, -0.15) is 0 Å². The molecule has 0 saturated carbocycles. The molecular weight excluding hydrogens is 232 g/mol. The summed E-state index contributed by atoms with van der Waals surface area (Å²) < 4.78 is 5.46. The molecule has 2 aromatic carbocycles. The molecule has 2 N–H and O–H groups in total. The number of benzene rings is 2. The van der Waals surface area contributed by atoms with Crippen LogP contribution in [0.5, 0.6) is 11.5 Å². The lowest BCUT2D eigenvalue weighted by Crippen LogP contribution is -2.05. The Morgan fingerprint density at radius 3 is 2.39 bits per heavy atom. The molecule has 0 spiro atoms. The summed E-state index contributed by atoms with van der Waals surface area (Å²) in [6.07, 6.45) is 0. The number of aromatic hydroxyl groups is 1. The second kappa shape index (κ2) is 5.23. The third-order valence-corrected chi connectivity index (χ3v) is 2.48. The summed E-state index contributed by atoms with van der Waals surface area (Å²) in [6, 6.07) is 13.0. The van der Waals surface area contributed by atoms with Crippen LogP contribution in [0.15, 0.2) is 48.5 Å². The summed E-state index contributed by atoms with van der Waals surface area (Å²) in [4.78, 5) is 11.0. The lowest BCUT2D eigenvalue weighted by molar-refractivity contribution is 0.0694. The van der Waals surface area contributed by atoms with Crippen molar-refractivity contribution in [1.29, 1.82) is 0 Å². The van der Waals surface area contributed by atoms with E-state index in [0.29, 0.717) is 11.3 Å². The number of rotatable bonds is 4. The smallest absolute Gasteiger partial charge is 0.336 e. The fourth-order valence-corrected chi connectivity index (χ4v) is 1.56. The zero-order valence-electron chi connectivity index (χ0n) is 9.54. The quantitative estimate of drug-likeness (QED) is 0.867. The van der Waals surface area contributed by atoms with Gasteiger partial charge in [0, 0.05) is 5.56 Å². The van der Waals surface area contributed by atoms with Crippen molar-refractivity contribution >= 4 is 5.97 Å². The van der Waals surface area contributed by atoms with Crippen LogP contribution in [-0.2, 0) is 6.61 Å². The third-order valence-electron chi connectivity index (χ3n) is 2.48. The zero-order chi connectivity index (χ0) is 13.0. The normalized spacial score (nSPS) is 10.0. The molecule has 0 radical (unpaired) electrons. The summed E-state index contributed by atoms with van der Waals surface area (Å²) in [6.45, 7) is 0.174. The summed E-state index contributed by atoms with van der Waals surface area (Å²) >= 11 is 0. The van der Waals surface area contributed by atoms with Crippen molar-refractivity contribution < 1.29 is 19.7 Å². The van der Waals surface area contributed by atoms with Gasteiger partial charge >= 0.3 is 5.97 Å². The first-order valence-corrected chi connectivity index (χ1v) is 5.40. The molecule has 92 valence electrons. The van der Waals surface area contributed by atoms with Crippen molar-refractivity contribution in [2.45, 2.75) is 6.61 Å². The van der Waals surface area contributed by atoms with Gasteiger partial charge in [-0.25, -0.2) is 4.79 Å². The monoisotopic (exact) mass is 244 g/mol. The fourth-order valence-electron chi connectivity index (χ4n) is 1.56. The van der Waals surface area contributed by atoms with Crippen LogP contribution >= 0.6 is 0 Å². The minimum atomic E-state index is -0.972. The molecule has 18 heavy (non-hydrogen) atoms. The first-order chi connectivity index (χ1) is 8.66. The Kier molecular flexibility index (Phi) is 3.48. The second-order valence-electron chi connectivity index (χ2n) is 3.74. The van der Waals surface area contributed by atoms with E-state index in [0.717, 1.165) is 0 Å². The molecule has 0 aliphatic heterocycles. The summed E-state index contributed by atoms with van der Waals surface area (Å²) in [5.41, 5.74) is 0.842. The Morgan fingerprint density at radius 1 is 1.06 bits per heavy atom. The maximum Gasteiger partial charge on any atom is 0.336 e. The van der Waals surface area contributed by atoms with Crippen molar-refractivity contribution in [3.05, 3.63) is 59.7 Å². The van der Waals surface area contributed by atoms with Crippen LogP contribution in [0.3, 0.4) is 0 Å². The van der Waals surface area contributed by atoms with Crippen molar-refractivity contribution in [3.8, 4) is 11.5 Å². The number of phenols is 1. The van der Waals surface area contributed by atoms with Crippen LogP contribution in [0.25, 0.3) is 0 Å². The van der Waals surface area contributed by atoms with Gasteiger partial charge in [-0.3, -0.25) is 0 Å². The molecule has 0 aliphatic rings. The Hall–Kier alpha value is -2.49. The first kappa shape index (κ1) is 12.0. The van der Waals surface area contributed by atoms with Gasteiger partial charge in [0.25, 0.3) is 0 Å². The first-order valence-electron chi connectivity index (χ1n) is 5.40. The molecule has 0 aromatic heterocycles. The number of carbonyl (C=O) groups is 1. The Labute approximate surface area is 104 Å². The van der Waals surface area contributed by atoms with Gasteiger partial charge in [0.15, 0.2) is 0 Å². The van der Waals surface area contributed by atoms with E-state index in [4.69, 9.17) is 14.9 Å². The Bertz CT molecular complexity index is 546. The van der Waals surface area contributed by atoms with E-state index >= 15 is 0 Å². The van der Waals surface area contributed by atoms with Crippen LogP contribution in [0, 0.1) is 0 Å². The van der Waals surface area contributed by atoms with Crippen molar-refractivity contribution in [2.75, 3.05) is 0 Å². The molecule has 0 atom stereocenters. The minimum absolute atomic E-state index is 0.160. The number of phenolic OH excluding ortho intramolecular Hbond substituents is 1. The highest BCUT2D eigenvalue weighted by Crippen LogP contribution is 2.18. The molecule has 0 amide bonds. The van der Waals surface area contributed by atoms with Crippen LogP contribution in [0.2, 0.25) is 0 Å². The van der Waals surface area contributed by atoms with Crippen LogP contribution in [0.1, 0.15) is 15.9 Å². The fraction of sp³-hybridized carbons (Fsp3) is 0.0714. The second-order valence-corrected chi connectivity index (χ2v) is 3.74. The molecule has 4 heteroatoms. The SMILES string of the molecule is O=C(O)c1ccccc1COc1ccc(O)cc1. The van der Waals surface area contributed by atoms with Gasteiger partial charge in [0.05, 0.1) is 5.56 Å². The average Bonchev–Trinajstić information content (AvgIpc) is 2.38. The molecule has 0 unspecified atom stereocenters. The third kappa shape index (κ3) is 2.79. The van der Waals surface area contributed by atoms with Gasteiger partial charge in [0.1, 0.15) is 18.1 Å². The van der Waals surface area contributed by atoms with Gasteiger partial charge in [-0.05, 0) is 30.3 Å². The van der Waals surface area contributed by atoms with Crippen LogP contribution in [0.4, 0.5) is 0 Å². The lowest BCUT2D eigenvalue weighted by atomic mass is 10.1. The highest BCUT2D eigenvalue weighted by Gasteiger charge is 2.09. The average molecular weight is 244 g/mol. The molecule has 0 fully saturated rings. The van der Waals surface area contributed by atoms with Gasteiger partial charge in [-0.15, -0.1) is 0 Å². The number of hydrogen-bond acceptors (Lipinski definition) is 3. The Morgan fingerprint density at radius 2 is 1.72 bits per heavy atom. The van der Waals surface area contributed by atoms with E-state index in [-0.39, 0.29) is 17.9 Å². The molecule has 0 bridgehead atoms. The van der Waals surface area contributed by atoms with Crippen molar-refractivity contribution in [3.63, 3.8) is 0 Å². The molecule has 2 rings (SSSR count). The van der Waals surface area contributed by atoms with Gasteiger partial charge in [0.2, 0.25) is 0 Å². The van der Waals surface area contributed by atoms with Crippen LogP contribution < -0.4 is 4.74 Å².